The Hall–Kier alpha value is -2.08. The molecule has 1 saturated carbocycles. The van der Waals surface area contributed by atoms with Gasteiger partial charge in [-0.25, -0.2) is 4.79 Å². The lowest BCUT2D eigenvalue weighted by atomic mass is 9.86. The fraction of sp³-hybridized carbons (Fsp3) is 0.444. The van der Waals surface area contributed by atoms with Gasteiger partial charge >= 0.3 is 12.0 Å². The van der Waals surface area contributed by atoms with Gasteiger partial charge in [-0.1, -0.05) is 18.2 Å². The highest BCUT2D eigenvalue weighted by Gasteiger charge is 2.26. The van der Waals surface area contributed by atoms with Crippen LogP contribution in [0.15, 0.2) is 29.6 Å². The molecule has 24 heavy (non-hydrogen) atoms. The van der Waals surface area contributed by atoms with Crippen molar-refractivity contribution < 1.29 is 14.7 Å². The van der Waals surface area contributed by atoms with Crippen LogP contribution in [0, 0.1) is 5.92 Å². The Balaban J connectivity index is 1.41. The SMILES string of the molecule is O=C(NCCc1csc2ccccc12)NC1CCC(C(=O)O)CC1. The molecule has 128 valence electrons. The first-order valence-corrected chi connectivity index (χ1v) is 9.23. The quantitative estimate of drug-likeness (QED) is 0.776. The van der Waals surface area contributed by atoms with Gasteiger partial charge in [0.1, 0.15) is 0 Å². The van der Waals surface area contributed by atoms with E-state index in [0.717, 1.165) is 19.3 Å². The zero-order valence-corrected chi connectivity index (χ0v) is 14.3. The average molecular weight is 346 g/mol. The maximum Gasteiger partial charge on any atom is 0.315 e. The molecule has 2 amide bonds. The average Bonchev–Trinajstić information content (AvgIpc) is 2.99. The number of nitrogens with one attached hydrogen (secondary N) is 2. The molecular formula is C18H22N2O3S. The van der Waals surface area contributed by atoms with Crippen molar-refractivity contribution in [2.45, 2.75) is 38.1 Å². The van der Waals surface area contributed by atoms with Crippen molar-refractivity contribution in [1.82, 2.24) is 10.6 Å². The van der Waals surface area contributed by atoms with Crippen LogP contribution in [0.4, 0.5) is 4.79 Å². The molecule has 3 rings (SSSR count). The van der Waals surface area contributed by atoms with Crippen molar-refractivity contribution in [2.24, 2.45) is 5.92 Å². The lowest BCUT2D eigenvalue weighted by molar-refractivity contribution is -0.142. The minimum Gasteiger partial charge on any atom is -0.481 e. The van der Waals surface area contributed by atoms with Gasteiger partial charge < -0.3 is 15.7 Å². The number of carbonyl (C=O) groups excluding carboxylic acids is 1. The van der Waals surface area contributed by atoms with E-state index >= 15 is 0 Å². The molecule has 0 bridgehead atoms. The Morgan fingerprint density at radius 3 is 2.67 bits per heavy atom. The summed E-state index contributed by atoms with van der Waals surface area (Å²) in [5, 5.41) is 18.3. The van der Waals surface area contributed by atoms with Gasteiger partial charge in [-0.2, -0.15) is 0 Å². The van der Waals surface area contributed by atoms with E-state index in [-0.39, 0.29) is 18.0 Å². The van der Waals surface area contributed by atoms with Crippen LogP contribution in [0.1, 0.15) is 31.2 Å². The van der Waals surface area contributed by atoms with Gasteiger partial charge in [-0.3, -0.25) is 4.79 Å². The summed E-state index contributed by atoms with van der Waals surface area (Å²) in [5.74, 6) is -0.973. The Morgan fingerprint density at radius 2 is 1.92 bits per heavy atom. The van der Waals surface area contributed by atoms with Gasteiger partial charge in [0.2, 0.25) is 0 Å². The largest absolute Gasteiger partial charge is 0.481 e. The number of carbonyl (C=O) groups is 2. The van der Waals surface area contributed by atoms with E-state index in [1.54, 1.807) is 11.3 Å². The summed E-state index contributed by atoms with van der Waals surface area (Å²) in [5.41, 5.74) is 1.26. The van der Waals surface area contributed by atoms with E-state index in [1.165, 1.54) is 15.6 Å². The Labute approximate surface area is 145 Å². The fourth-order valence-corrected chi connectivity index (χ4v) is 4.26. The third-order valence-electron chi connectivity index (χ3n) is 4.65. The van der Waals surface area contributed by atoms with Gasteiger partial charge in [0.25, 0.3) is 0 Å². The van der Waals surface area contributed by atoms with Crippen molar-refractivity contribution in [3.8, 4) is 0 Å². The van der Waals surface area contributed by atoms with Crippen LogP contribution in [0.5, 0.6) is 0 Å². The van der Waals surface area contributed by atoms with Gasteiger partial charge in [-0.15, -0.1) is 11.3 Å². The molecule has 5 nitrogen and oxygen atoms in total. The minimum absolute atomic E-state index is 0.0857. The molecular weight excluding hydrogens is 324 g/mol. The Morgan fingerprint density at radius 1 is 1.17 bits per heavy atom. The van der Waals surface area contributed by atoms with Crippen molar-refractivity contribution in [3.63, 3.8) is 0 Å². The molecule has 3 N–H and O–H groups in total. The van der Waals surface area contributed by atoms with Gasteiger partial charge in [0, 0.05) is 17.3 Å². The monoisotopic (exact) mass is 346 g/mol. The van der Waals surface area contributed by atoms with Crippen LogP contribution in [0.25, 0.3) is 10.1 Å². The van der Waals surface area contributed by atoms with Crippen molar-refractivity contribution >= 4 is 33.4 Å². The predicted molar refractivity (Wildman–Crippen MR) is 95.4 cm³/mol. The van der Waals surface area contributed by atoms with E-state index in [4.69, 9.17) is 5.11 Å². The molecule has 6 heteroatoms. The molecule has 1 heterocycles. The summed E-state index contributed by atoms with van der Waals surface area (Å²) in [6.07, 6.45) is 3.56. The lowest BCUT2D eigenvalue weighted by Crippen LogP contribution is -2.44. The minimum atomic E-state index is -0.721. The second-order valence-electron chi connectivity index (χ2n) is 6.29. The number of rotatable bonds is 5. The number of carboxylic acids is 1. The molecule has 0 unspecified atom stereocenters. The number of benzene rings is 1. The number of aliphatic carboxylic acids is 1. The highest BCUT2D eigenvalue weighted by molar-refractivity contribution is 7.17. The maximum atomic E-state index is 12.0. The number of amides is 2. The third-order valence-corrected chi connectivity index (χ3v) is 5.66. The van der Waals surface area contributed by atoms with E-state index in [0.29, 0.717) is 19.4 Å². The molecule has 1 aliphatic carbocycles. The zero-order chi connectivity index (χ0) is 16.9. The van der Waals surface area contributed by atoms with Crippen LogP contribution in [-0.4, -0.2) is 29.7 Å². The van der Waals surface area contributed by atoms with Crippen LogP contribution in [0.3, 0.4) is 0 Å². The van der Waals surface area contributed by atoms with Crippen LogP contribution in [0.2, 0.25) is 0 Å². The molecule has 1 aliphatic rings. The molecule has 0 radical (unpaired) electrons. The number of hydrogen-bond donors (Lipinski definition) is 3. The summed E-state index contributed by atoms with van der Waals surface area (Å²) in [6, 6.07) is 8.22. The number of carboxylic acid groups (broad SMARTS) is 1. The number of urea groups is 1. The molecule has 0 atom stereocenters. The van der Waals surface area contributed by atoms with Crippen LogP contribution >= 0.6 is 11.3 Å². The molecule has 0 spiro atoms. The first-order valence-electron chi connectivity index (χ1n) is 8.36. The van der Waals surface area contributed by atoms with Crippen LogP contribution < -0.4 is 10.6 Å². The molecule has 1 aromatic heterocycles. The fourth-order valence-electron chi connectivity index (χ4n) is 3.26. The molecule has 1 aromatic carbocycles. The number of fused-ring (bicyclic) bond motifs is 1. The Kier molecular flexibility index (Phi) is 5.35. The summed E-state index contributed by atoms with van der Waals surface area (Å²) in [6.45, 7) is 0.594. The maximum absolute atomic E-state index is 12.0. The highest BCUT2D eigenvalue weighted by atomic mass is 32.1. The molecule has 0 aliphatic heterocycles. The molecule has 2 aromatic rings. The smallest absolute Gasteiger partial charge is 0.315 e. The van der Waals surface area contributed by atoms with Gasteiger partial charge in [0.05, 0.1) is 5.92 Å². The van der Waals surface area contributed by atoms with Crippen LogP contribution in [-0.2, 0) is 11.2 Å². The van der Waals surface area contributed by atoms with E-state index in [2.05, 4.69) is 28.1 Å². The standard InChI is InChI=1S/C18H22N2O3S/c21-17(22)12-5-7-14(8-6-12)20-18(23)19-10-9-13-11-24-16-4-2-1-3-15(13)16/h1-4,11-12,14H,5-10H2,(H,21,22)(H2,19,20,23). The first kappa shape index (κ1) is 16.8. The molecule has 1 fully saturated rings. The van der Waals surface area contributed by atoms with Gasteiger partial charge in [0.15, 0.2) is 0 Å². The number of thiophene rings is 1. The summed E-state index contributed by atoms with van der Waals surface area (Å²) < 4.78 is 1.27. The van der Waals surface area contributed by atoms with Crippen molar-refractivity contribution in [3.05, 3.63) is 35.2 Å². The lowest BCUT2D eigenvalue weighted by Gasteiger charge is -2.26. The highest BCUT2D eigenvalue weighted by Crippen LogP contribution is 2.26. The van der Waals surface area contributed by atoms with E-state index in [1.807, 2.05) is 12.1 Å². The predicted octanol–water partition coefficient (Wildman–Crippen LogP) is 3.39. The van der Waals surface area contributed by atoms with E-state index in [9.17, 15) is 9.59 Å². The second-order valence-corrected chi connectivity index (χ2v) is 7.21. The normalized spacial score (nSPS) is 20.7. The zero-order valence-electron chi connectivity index (χ0n) is 13.5. The van der Waals surface area contributed by atoms with Crippen molar-refractivity contribution in [1.29, 1.82) is 0 Å². The van der Waals surface area contributed by atoms with E-state index < -0.39 is 5.97 Å². The first-order chi connectivity index (χ1) is 11.6. The third kappa shape index (κ3) is 4.06. The van der Waals surface area contributed by atoms with Gasteiger partial charge in [-0.05, 0) is 54.5 Å². The summed E-state index contributed by atoms with van der Waals surface area (Å²) >= 11 is 1.73. The Bertz CT molecular complexity index is 720. The summed E-state index contributed by atoms with van der Waals surface area (Å²) in [4.78, 5) is 22.9. The van der Waals surface area contributed by atoms with Crippen molar-refractivity contribution in [2.75, 3.05) is 6.54 Å². The summed E-state index contributed by atoms with van der Waals surface area (Å²) in [7, 11) is 0. The topological polar surface area (TPSA) is 78.4 Å². The molecule has 0 saturated heterocycles. The second kappa shape index (κ2) is 7.66. The number of hydrogen-bond acceptors (Lipinski definition) is 3.